The van der Waals surface area contributed by atoms with Gasteiger partial charge in [0.1, 0.15) is 0 Å². The standard InChI is InChI=1S/C47H36N2.C2H6/c1-47(2)45-33-36(24-23-35-25-28-41(29-26-35)48(37-15-7-3-8-16-37)38-17-9-4-10-18-38)27-31-43(45)44-32-30-42(34-46(44)47)49(39-19-11-5-12-20-39)40-21-13-6-14-22-40;1-2/h3-22,25-34H,1-2H3;1-2H3. The van der Waals surface area contributed by atoms with Crippen LogP contribution in [-0.4, -0.2) is 0 Å². The quantitative estimate of drug-likeness (QED) is 0.164. The molecule has 2 nitrogen and oxygen atoms in total. The van der Waals surface area contributed by atoms with Gasteiger partial charge in [-0.25, -0.2) is 0 Å². The summed E-state index contributed by atoms with van der Waals surface area (Å²) >= 11 is 0. The molecule has 0 N–H and O–H groups in total. The summed E-state index contributed by atoms with van der Waals surface area (Å²) in [7, 11) is 0. The Hall–Kier alpha value is -6.30. The Kier molecular flexibility index (Phi) is 9.55. The van der Waals surface area contributed by atoms with Crippen molar-refractivity contribution in [2.24, 2.45) is 0 Å². The van der Waals surface area contributed by atoms with E-state index in [9.17, 15) is 0 Å². The van der Waals surface area contributed by atoms with Crippen LogP contribution in [0.4, 0.5) is 34.1 Å². The lowest BCUT2D eigenvalue weighted by Crippen LogP contribution is -2.16. The van der Waals surface area contributed by atoms with Crippen LogP contribution in [0.2, 0.25) is 0 Å². The van der Waals surface area contributed by atoms with E-state index in [0.29, 0.717) is 0 Å². The number of hydrogen-bond acceptors (Lipinski definition) is 2. The number of fused-ring (bicyclic) bond motifs is 3. The van der Waals surface area contributed by atoms with Gasteiger partial charge in [0.25, 0.3) is 0 Å². The van der Waals surface area contributed by atoms with E-state index in [1.54, 1.807) is 0 Å². The van der Waals surface area contributed by atoms with Crippen molar-refractivity contribution in [2.75, 3.05) is 9.80 Å². The summed E-state index contributed by atoms with van der Waals surface area (Å²) in [6, 6.07) is 64.3. The minimum absolute atomic E-state index is 0.169. The van der Waals surface area contributed by atoms with Gasteiger partial charge in [0.15, 0.2) is 0 Å². The molecule has 0 saturated heterocycles. The summed E-state index contributed by atoms with van der Waals surface area (Å²) in [5, 5.41) is 0. The van der Waals surface area contributed by atoms with Crippen molar-refractivity contribution in [3.05, 3.63) is 204 Å². The van der Waals surface area contributed by atoms with E-state index in [1.165, 1.54) is 22.3 Å². The van der Waals surface area contributed by atoms with Crippen molar-refractivity contribution in [2.45, 2.75) is 33.1 Å². The predicted molar refractivity (Wildman–Crippen MR) is 217 cm³/mol. The Bertz CT molecular complexity index is 2200. The summed E-state index contributed by atoms with van der Waals surface area (Å²) < 4.78 is 0. The van der Waals surface area contributed by atoms with Crippen LogP contribution in [0.3, 0.4) is 0 Å². The predicted octanol–water partition coefficient (Wildman–Crippen LogP) is 13.4. The normalized spacial score (nSPS) is 11.9. The molecule has 0 aliphatic heterocycles. The van der Waals surface area contributed by atoms with Gasteiger partial charge in [-0.1, -0.05) is 124 Å². The zero-order valence-corrected chi connectivity index (χ0v) is 29.7. The molecule has 0 radical (unpaired) electrons. The lowest BCUT2D eigenvalue weighted by molar-refractivity contribution is 0.660. The summed E-state index contributed by atoms with van der Waals surface area (Å²) in [6.45, 7) is 8.66. The van der Waals surface area contributed by atoms with Crippen molar-refractivity contribution < 1.29 is 0 Å². The van der Waals surface area contributed by atoms with Gasteiger partial charge in [-0.15, -0.1) is 0 Å². The van der Waals surface area contributed by atoms with Crippen LogP contribution in [0.15, 0.2) is 182 Å². The third-order valence-electron chi connectivity index (χ3n) is 9.45. The maximum absolute atomic E-state index is 3.47. The number of hydrogen-bond donors (Lipinski definition) is 0. The van der Waals surface area contributed by atoms with Crippen LogP contribution < -0.4 is 9.80 Å². The molecule has 248 valence electrons. The maximum atomic E-state index is 3.47. The highest BCUT2D eigenvalue weighted by Gasteiger charge is 2.36. The number of anilines is 6. The van der Waals surface area contributed by atoms with Gasteiger partial charge in [0, 0.05) is 50.7 Å². The second-order valence-electron chi connectivity index (χ2n) is 12.9. The Labute approximate surface area is 303 Å². The minimum Gasteiger partial charge on any atom is -0.311 e. The van der Waals surface area contributed by atoms with Crippen LogP contribution in [-0.2, 0) is 5.41 Å². The first-order valence-corrected chi connectivity index (χ1v) is 17.8. The molecular formula is C49H42N2. The highest BCUT2D eigenvalue weighted by atomic mass is 15.1. The molecule has 0 heterocycles. The second-order valence-corrected chi connectivity index (χ2v) is 12.9. The Morgan fingerprint density at radius 2 is 0.686 bits per heavy atom. The van der Waals surface area contributed by atoms with Crippen LogP contribution in [0, 0.1) is 11.8 Å². The Morgan fingerprint density at radius 1 is 0.353 bits per heavy atom. The molecule has 0 fully saturated rings. The first-order chi connectivity index (χ1) is 25.1. The molecule has 0 atom stereocenters. The van der Waals surface area contributed by atoms with Crippen molar-refractivity contribution in [3.63, 3.8) is 0 Å². The molecule has 1 aliphatic rings. The number of nitrogens with zero attached hydrogens (tertiary/aromatic N) is 2. The van der Waals surface area contributed by atoms with Crippen LogP contribution >= 0.6 is 0 Å². The average molecular weight is 659 g/mol. The number of para-hydroxylation sites is 4. The van der Waals surface area contributed by atoms with Crippen molar-refractivity contribution in [3.8, 4) is 23.0 Å². The lowest BCUT2D eigenvalue weighted by atomic mass is 9.82. The van der Waals surface area contributed by atoms with Gasteiger partial charge < -0.3 is 9.80 Å². The molecule has 0 spiro atoms. The zero-order chi connectivity index (χ0) is 35.2. The van der Waals surface area contributed by atoms with Gasteiger partial charge >= 0.3 is 0 Å². The molecule has 7 aromatic carbocycles. The van der Waals surface area contributed by atoms with Crippen molar-refractivity contribution >= 4 is 34.1 Å². The summed E-state index contributed by atoms with van der Waals surface area (Å²) in [4.78, 5) is 4.60. The molecule has 0 bridgehead atoms. The molecule has 8 rings (SSSR count). The zero-order valence-electron chi connectivity index (χ0n) is 29.7. The smallest absolute Gasteiger partial charge is 0.0465 e. The molecule has 51 heavy (non-hydrogen) atoms. The Morgan fingerprint density at radius 3 is 1.16 bits per heavy atom. The fourth-order valence-corrected chi connectivity index (χ4v) is 6.98. The van der Waals surface area contributed by atoms with Crippen molar-refractivity contribution in [1.29, 1.82) is 0 Å². The van der Waals surface area contributed by atoms with E-state index in [0.717, 1.165) is 45.3 Å². The highest BCUT2D eigenvalue weighted by molar-refractivity contribution is 5.86. The maximum Gasteiger partial charge on any atom is 0.0465 e. The van der Waals surface area contributed by atoms with Gasteiger partial charge in [-0.3, -0.25) is 0 Å². The molecule has 1 aliphatic carbocycles. The first-order valence-electron chi connectivity index (χ1n) is 17.8. The molecule has 0 unspecified atom stereocenters. The van der Waals surface area contributed by atoms with Gasteiger partial charge in [-0.05, 0) is 119 Å². The Balaban J connectivity index is 0.00000200. The number of benzene rings is 7. The van der Waals surface area contributed by atoms with E-state index < -0.39 is 0 Å². The highest BCUT2D eigenvalue weighted by Crippen LogP contribution is 2.51. The molecule has 2 heteroatoms. The fourth-order valence-electron chi connectivity index (χ4n) is 6.98. The monoisotopic (exact) mass is 658 g/mol. The van der Waals surface area contributed by atoms with E-state index in [4.69, 9.17) is 0 Å². The lowest BCUT2D eigenvalue weighted by Gasteiger charge is -2.28. The van der Waals surface area contributed by atoms with Crippen LogP contribution in [0.1, 0.15) is 49.9 Å². The van der Waals surface area contributed by atoms with E-state index in [1.807, 2.05) is 26.0 Å². The SMILES string of the molecule is CC.CC1(C)c2cc(C#Cc3ccc(N(c4ccccc4)c4ccccc4)cc3)ccc2-c2ccc(N(c3ccccc3)c3ccccc3)cc21. The third kappa shape index (κ3) is 6.67. The van der Waals surface area contributed by atoms with Crippen LogP contribution in [0.5, 0.6) is 0 Å². The minimum atomic E-state index is -0.169. The topological polar surface area (TPSA) is 6.48 Å². The van der Waals surface area contributed by atoms with Gasteiger partial charge in [-0.2, -0.15) is 0 Å². The van der Waals surface area contributed by atoms with Crippen LogP contribution in [0.25, 0.3) is 11.1 Å². The summed E-state index contributed by atoms with van der Waals surface area (Å²) in [5.41, 5.74) is 13.8. The fraction of sp³-hybridized carbons (Fsp3) is 0.102. The summed E-state index contributed by atoms with van der Waals surface area (Å²) in [5.74, 6) is 6.90. The molecule has 0 amide bonds. The summed E-state index contributed by atoms with van der Waals surface area (Å²) in [6.07, 6.45) is 0. The third-order valence-corrected chi connectivity index (χ3v) is 9.45. The average Bonchev–Trinajstić information content (AvgIpc) is 3.42. The van der Waals surface area contributed by atoms with E-state index in [-0.39, 0.29) is 5.41 Å². The second kappa shape index (κ2) is 14.7. The van der Waals surface area contributed by atoms with E-state index >= 15 is 0 Å². The van der Waals surface area contributed by atoms with Gasteiger partial charge in [0.2, 0.25) is 0 Å². The van der Waals surface area contributed by atoms with Gasteiger partial charge in [0.05, 0.1) is 0 Å². The van der Waals surface area contributed by atoms with Crippen molar-refractivity contribution in [1.82, 2.24) is 0 Å². The van der Waals surface area contributed by atoms with E-state index in [2.05, 4.69) is 205 Å². The molecule has 0 saturated carbocycles. The molecular weight excluding hydrogens is 617 g/mol. The largest absolute Gasteiger partial charge is 0.311 e. The molecule has 7 aromatic rings. The number of rotatable bonds is 6. The first kappa shape index (κ1) is 33.2. The molecule has 0 aromatic heterocycles.